The highest BCUT2D eigenvalue weighted by Gasteiger charge is 2.51. The van der Waals surface area contributed by atoms with Crippen LogP contribution in [0.4, 0.5) is 4.79 Å². The van der Waals surface area contributed by atoms with Gasteiger partial charge in [0.05, 0.1) is 10.6 Å². The van der Waals surface area contributed by atoms with Crippen LogP contribution in [0.1, 0.15) is 42.7 Å². The summed E-state index contributed by atoms with van der Waals surface area (Å²) < 4.78 is 1.66. The molecule has 0 bridgehead atoms. The second-order valence-corrected chi connectivity index (χ2v) is 9.22. The molecule has 1 saturated carbocycles. The van der Waals surface area contributed by atoms with Crippen molar-refractivity contribution >= 4 is 29.2 Å². The third-order valence-corrected chi connectivity index (χ3v) is 6.97. The molecule has 170 valence electrons. The Morgan fingerprint density at radius 1 is 1.12 bits per heavy atom. The zero-order valence-electron chi connectivity index (χ0n) is 18.0. The molecule has 0 atom stereocenters. The van der Waals surface area contributed by atoms with E-state index in [1.54, 1.807) is 4.68 Å². The number of nitrogens with zero attached hydrogens (tertiary/aromatic N) is 4. The normalized spacial score (nSPS) is 17.0. The molecule has 0 radical (unpaired) electrons. The summed E-state index contributed by atoms with van der Waals surface area (Å²) in [6, 6.07) is 13.1. The maximum absolute atomic E-state index is 12.7. The van der Waals surface area contributed by atoms with Gasteiger partial charge in [-0.2, -0.15) is 0 Å². The van der Waals surface area contributed by atoms with Gasteiger partial charge in [0.1, 0.15) is 5.54 Å². The zero-order valence-corrected chi connectivity index (χ0v) is 18.8. The van der Waals surface area contributed by atoms with Crippen LogP contribution in [0.5, 0.6) is 0 Å². The van der Waals surface area contributed by atoms with E-state index in [1.807, 2.05) is 47.8 Å². The van der Waals surface area contributed by atoms with Crippen LogP contribution in [-0.4, -0.2) is 56.1 Å². The Bertz CT molecular complexity index is 1170. The van der Waals surface area contributed by atoms with E-state index in [0.717, 1.165) is 23.4 Å². The molecule has 4 amide bonds. The topological polar surface area (TPSA) is 109 Å². The van der Waals surface area contributed by atoms with E-state index in [2.05, 4.69) is 20.7 Å². The Kier molecular flexibility index (Phi) is 5.67. The van der Waals surface area contributed by atoms with Gasteiger partial charge in [-0.1, -0.05) is 37.1 Å². The monoisotopic (exact) mass is 464 g/mol. The smallest absolute Gasteiger partial charge is 0.325 e. The molecule has 33 heavy (non-hydrogen) atoms. The van der Waals surface area contributed by atoms with Gasteiger partial charge in [0.25, 0.3) is 11.8 Å². The molecule has 3 aromatic rings. The molecule has 2 aromatic heterocycles. The van der Waals surface area contributed by atoms with Crippen molar-refractivity contribution in [2.24, 2.45) is 0 Å². The van der Waals surface area contributed by atoms with E-state index in [9.17, 15) is 14.4 Å². The molecule has 1 aliphatic carbocycles. The van der Waals surface area contributed by atoms with Crippen molar-refractivity contribution in [2.45, 2.75) is 37.6 Å². The van der Waals surface area contributed by atoms with Gasteiger partial charge in [0, 0.05) is 13.1 Å². The van der Waals surface area contributed by atoms with Gasteiger partial charge in [-0.15, -0.1) is 16.4 Å². The molecule has 9 nitrogen and oxygen atoms in total. The highest BCUT2D eigenvalue weighted by atomic mass is 32.1. The van der Waals surface area contributed by atoms with E-state index in [0.29, 0.717) is 31.6 Å². The third kappa shape index (κ3) is 4.02. The quantitative estimate of drug-likeness (QED) is 0.413. The minimum absolute atomic E-state index is 0.0714. The Hall–Kier alpha value is -3.53. The standard InChI is InChI=1S/C23H24N6O3S/c30-20(24-13-7-14-28-21(31)23(26-22(28)32)11-4-5-12-23)18-25-19(17-10-6-15-33-17)29(27-18)16-8-2-1-3-9-16/h1-3,6,8-10,15H,4-5,7,11-14H2,(H,24,30)(H,26,32). The summed E-state index contributed by atoms with van der Waals surface area (Å²) >= 11 is 1.52. The van der Waals surface area contributed by atoms with Crippen molar-refractivity contribution in [1.82, 2.24) is 30.3 Å². The number of carbonyl (C=O) groups is 3. The maximum atomic E-state index is 12.7. The molecular formula is C23H24N6O3S. The highest BCUT2D eigenvalue weighted by Crippen LogP contribution is 2.35. The lowest BCUT2D eigenvalue weighted by molar-refractivity contribution is -0.131. The van der Waals surface area contributed by atoms with Crippen LogP contribution >= 0.6 is 11.3 Å². The van der Waals surface area contributed by atoms with Crippen molar-refractivity contribution in [2.75, 3.05) is 13.1 Å². The summed E-state index contributed by atoms with van der Waals surface area (Å²) in [6.45, 7) is 0.566. The molecule has 1 saturated heterocycles. The van der Waals surface area contributed by atoms with Gasteiger partial charge in [0.2, 0.25) is 5.82 Å². The first-order chi connectivity index (χ1) is 16.1. The molecule has 1 aromatic carbocycles. The molecule has 3 heterocycles. The Morgan fingerprint density at radius 2 is 1.91 bits per heavy atom. The third-order valence-electron chi connectivity index (χ3n) is 6.10. The second kappa shape index (κ2) is 8.78. The van der Waals surface area contributed by atoms with Crippen LogP contribution in [0.2, 0.25) is 0 Å². The summed E-state index contributed by atoms with van der Waals surface area (Å²) in [7, 11) is 0. The number of hydrogen-bond donors (Lipinski definition) is 2. The number of benzene rings is 1. The number of urea groups is 1. The predicted octanol–water partition coefficient (Wildman–Crippen LogP) is 2.98. The summed E-state index contributed by atoms with van der Waals surface area (Å²) in [5.74, 6) is 0.136. The number of thiophene rings is 1. The summed E-state index contributed by atoms with van der Waals surface area (Å²) in [4.78, 5) is 44.4. The average molecular weight is 465 g/mol. The van der Waals surface area contributed by atoms with E-state index in [-0.39, 0.29) is 24.3 Å². The highest BCUT2D eigenvalue weighted by molar-refractivity contribution is 7.13. The maximum Gasteiger partial charge on any atom is 0.325 e. The van der Waals surface area contributed by atoms with Crippen molar-refractivity contribution in [3.05, 3.63) is 53.7 Å². The van der Waals surface area contributed by atoms with Crippen molar-refractivity contribution < 1.29 is 14.4 Å². The van der Waals surface area contributed by atoms with Gasteiger partial charge < -0.3 is 10.6 Å². The first-order valence-electron chi connectivity index (χ1n) is 11.1. The molecule has 2 N–H and O–H groups in total. The molecule has 10 heteroatoms. The number of carbonyl (C=O) groups excluding carboxylic acids is 3. The average Bonchev–Trinajstić information content (AvgIpc) is 3.62. The molecule has 1 spiro atoms. The van der Waals surface area contributed by atoms with E-state index in [4.69, 9.17) is 0 Å². The summed E-state index contributed by atoms with van der Waals surface area (Å²) in [6.07, 6.45) is 3.76. The first kappa shape index (κ1) is 21.3. The van der Waals surface area contributed by atoms with Gasteiger partial charge in [0.15, 0.2) is 5.82 Å². The number of imide groups is 1. The van der Waals surface area contributed by atoms with Crippen LogP contribution in [-0.2, 0) is 4.79 Å². The minimum atomic E-state index is -0.702. The van der Waals surface area contributed by atoms with Crippen molar-refractivity contribution in [3.63, 3.8) is 0 Å². The minimum Gasteiger partial charge on any atom is -0.349 e. The molecule has 2 fully saturated rings. The number of aromatic nitrogens is 3. The van der Waals surface area contributed by atoms with Gasteiger partial charge >= 0.3 is 6.03 Å². The lowest BCUT2D eigenvalue weighted by Crippen LogP contribution is -2.44. The van der Waals surface area contributed by atoms with Crippen LogP contribution in [0, 0.1) is 0 Å². The SMILES string of the molecule is O=C(NCCCN1C(=O)NC2(CCCC2)C1=O)c1nc(-c2cccs2)n(-c2ccccc2)n1. The van der Waals surface area contributed by atoms with Gasteiger partial charge in [-0.3, -0.25) is 14.5 Å². The molecule has 1 aliphatic heterocycles. The van der Waals surface area contributed by atoms with E-state index >= 15 is 0 Å². The first-order valence-corrected chi connectivity index (χ1v) is 11.9. The van der Waals surface area contributed by atoms with Gasteiger partial charge in [-0.25, -0.2) is 14.5 Å². The van der Waals surface area contributed by atoms with E-state index < -0.39 is 11.4 Å². The van der Waals surface area contributed by atoms with Gasteiger partial charge in [-0.05, 0) is 42.8 Å². The second-order valence-electron chi connectivity index (χ2n) is 8.27. The molecule has 0 unspecified atom stereocenters. The largest absolute Gasteiger partial charge is 0.349 e. The van der Waals surface area contributed by atoms with Crippen molar-refractivity contribution in [3.8, 4) is 16.4 Å². The van der Waals surface area contributed by atoms with Crippen LogP contribution in [0.3, 0.4) is 0 Å². The van der Waals surface area contributed by atoms with Crippen LogP contribution in [0.25, 0.3) is 16.4 Å². The number of amides is 4. The summed E-state index contributed by atoms with van der Waals surface area (Å²) in [5.41, 5.74) is 0.110. The molecule has 5 rings (SSSR count). The Balaban J connectivity index is 1.23. The Morgan fingerprint density at radius 3 is 2.64 bits per heavy atom. The molecule has 2 aliphatic rings. The predicted molar refractivity (Wildman–Crippen MR) is 123 cm³/mol. The van der Waals surface area contributed by atoms with Crippen LogP contribution in [0.15, 0.2) is 47.8 Å². The number of hydrogen-bond acceptors (Lipinski definition) is 6. The fourth-order valence-corrected chi connectivity index (χ4v) is 5.14. The fourth-order valence-electron chi connectivity index (χ4n) is 4.44. The van der Waals surface area contributed by atoms with E-state index in [1.165, 1.54) is 16.2 Å². The Labute approximate surface area is 194 Å². The summed E-state index contributed by atoms with van der Waals surface area (Å²) in [5, 5.41) is 12.1. The number of para-hydroxylation sites is 1. The van der Waals surface area contributed by atoms with Crippen molar-refractivity contribution in [1.29, 1.82) is 0 Å². The zero-order chi connectivity index (χ0) is 22.8. The number of rotatable bonds is 7. The number of nitrogens with one attached hydrogen (secondary N) is 2. The fraction of sp³-hybridized carbons (Fsp3) is 0.348. The lowest BCUT2D eigenvalue weighted by atomic mass is 9.98. The molecular weight excluding hydrogens is 440 g/mol. The lowest BCUT2D eigenvalue weighted by Gasteiger charge is -2.19. The van der Waals surface area contributed by atoms with Crippen LogP contribution < -0.4 is 10.6 Å².